The summed E-state index contributed by atoms with van der Waals surface area (Å²) in [5, 5.41) is 7.91. The minimum Gasteiger partial charge on any atom is -0.465 e. The Morgan fingerprint density at radius 2 is 2.05 bits per heavy atom. The van der Waals surface area contributed by atoms with E-state index in [-0.39, 0.29) is 11.4 Å². The van der Waals surface area contributed by atoms with Crippen molar-refractivity contribution in [3.8, 4) is 11.6 Å². The molecule has 22 heavy (non-hydrogen) atoms. The molecule has 0 aliphatic heterocycles. The number of benzene rings is 1. The molecule has 1 fully saturated rings. The second kappa shape index (κ2) is 6.20. The lowest BCUT2D eigenvalue weighted by atomic mass is 10.1. The zero-order valence-electron chi connectivity index (χ0n) is 12.3. The highest BCUT2D eigenvalue weighted by atomic mass is 127. The quantitative estimate of drug-likeness (QED) is 0.566. The van der Waals surface area contributed by atoms with Crippen molar-refractivity contribution in [2.24, 2.45) is 0 Å². The third-order valence-corrected chi connectivity index (χ3v) is 4.12. The molecule has 0 unspecified atom stereocenters. The molecule has 1 heterocycles. The Hall–Kier alpha value is -1.70. The van der Waals surface area contributed by atoms with Crippen LogP contribution in [0.15, 0.2) is 24.3 Å². The molecule has 0 atom stereocenters. The first-order valence-corrected chi connectivity index (χ1v) is 8.06. The monoisotopic (exact) mass is 410 g/mol. The lowest BCUT2D eigenvalue weighted by Gasteiger charge is -2.11. The minimum atomic E-state index is -0.491. The number of hydrogen-bond acceptors (Lipinski definition) is 5. The van der Waals surface area contributed by atoms with Crippen molar-refractivity contribution in [3.05, 3.63) is 44.7 Å². The van der Waals surface area contributed by atoms with Crippen LogP contribution in [0.4, 0.5) is 0 Å². The van der Waals surface area contributed by atoms with Crippen LogP contribution in [0.3, 0.4) is 0 Å². The van der Waals surface area contributed by atoms with Gasteiger partial charge in [0.2, 0.25) is 0 Å². The van der Waals surface area contributed by atoms with Crippen LogP contribution in [0, 0.1) is 10.6 Å². The zero-order chi connectivity index (χ0) is 15.7. The number of carbonyl (C=O) groups excluding carboxylic acids is 1. The normalized spacial score (nSPS) is 13.8. The maximum Gasteiger partial charge on any atom is 0.343 e. The number of aryl methyl sites for hydroxylation is 1. The van der Waals surface area contributed by atoms with Crippen molar-refractivity contribution in [2.45, 2.75) is 25.7 Å². The van der Waals surface area contributed by atoms with Crippen molar-refractivity contribution in [2.75, 3.05) is 7.11 Å². The summed E-state index contributed by atoms with van der Waals surface area (Å²) >= 11 is 1.99. The van der Waals surface area contributed by atoms with Gasteiger partial charge in [-0.15, -0.1) is 10.2 Å². The standard InChI is InChI=1S/C16H15IN2O3/c1-9-7-11(10-3-4-10)5-6-13(9)22-15-12(16(20)21-2)8-14(17)18-19-15/h5-8,10H,3-4H2,1-2H3. The number of ether oxygens (including phenoxy) is 2. The lowest BCUT2D eigenvalue weighted by molar-refractivity contribution is 0.0596. The number of rotatable bonds is 4. The van der Waals surface area contributed by atoms with Crippen LogP contribution in [0.1, 0.15) is 40.2 Å². The number of halogens is 1. The van der Waals surface area contributed by atoms with Crippen LogP contribution in [-0.2, 0) is 4.74 Å². The van der Waals surface area contributed by atoms with Crippen LogP contribution < -0.4 is 4.74 Å². The molecule has 3 rings (SSSR count). The molecule has 0 amide bonds. The molecule has 1 aromatic carbocycles. The average molecular weight is 410 g/mol. The Labute approximate surface area is 142 Å². The van der Waals surface area contributed by atoms with Crippen molar-refractivity contribution in [1.82, 2.24) is 10.2 Å². The van der Waals surface area contributed by atoms with Gasteiger partial charge >= 0.3 is 5.97 Å². The number of carbonyl (C=O) groups is 1. The molecule has 6 heteroatoms. The smallest absolute Gasteiger partial charge is 0.343 e. The molecule has 1 aliphatic carbocycles. The van der Waals surface area contributed by atoms with Gasteiger partial charge in [0.25, 0.3) is 5.88 Å². The Morgan fingerprint density at radius 3 is 2.68 bits per heavy atom. The molecular weight excluding hydrogens is 395 g/mol. The molecule has 5 nitrogen and oxygen atoms in total. The molecular formula is C16H15IN2O3. The van der Waals surface area contributed by atoms with Gasteiger partial charge in [0.1, 0.15) is 15.0 Å². The molecule has 0 saturated heterocycles. The molecule has 0 N–H and O–H groups in total. The van der Waals surface area contributed by atoms with Gasteiger partial charge in [-0.3, -0.25) is 0 Å². The Bertz CT molecular complexity index is 729. The second-order valence-corrected chi connectivity index (χ2v) is 6.38. The summed E-state index contributed by atoms with van der Waals surface area (Å²) in [6, 6.07) is 7.72. The lowest BCUT2D eigenvalue weighted by Crippen LogP contribution is -2.07. The summed E-state index contributed by atoms with van der Waals surface area (Å²) in [5.74, 6) is 1.03. The van der Waals surface area contributed by atoms with Gasteiger partial charge in [-0.2, -0.15) is 0 Å². The van der Waals surface area contributed by atoms with Gasteiger partial charge in [0, 0.05) is 0 Å². The van der Waals surface area contributed by atoms with E-state index in [0.29, 0.717) is 15.4 Å². The largest absolute Gasteiger partial charge is 0.465 e. The van der Waals surface area contributed by atoms with Gasteiger partial charge in [0.15, 0.2) is 0 Å². The van der Waals surface area contributed by atoms with E-state index in [1.165, 1.54) is 25.5 Å². The predicted octanol–water partition coefficient (Wildman–Crippen LogP) is 3.85. The Balaban J connectivity index is 1.91. The number of nitrogens with zero attached hydrogens (tertiary/aromatic N) is 2. The van der Waals surface area contributed by atoms with Crippen molar-refractivity contribution >= 4 is 28.6 Å². The SMILES string of the molecule is COC(=O)c1cc(I)nnc1Oc1ccc(C2CC2)cc1C. The van der Waals surface area contributed by atoms with E-state index in [9.17, 15) is 4.79 Å². The number of hydrogen-bond donors (Lipinski definition) is 0. The Kier molecular flexibility index (Phi) is 4.28. The van der Waals surface area contributed by atoms with E-state index in [4.69, 9.17) is 9.47 Å². The molecule has 114 valence electrons. The molecule has 1 aromatic heterocycles. The highest BCUT2D eigenvalue weighted by Crippen LogP contribution is 2.41. The minimum absolute atomic E-state index is 0.162. The first-order chi connectivity index (χ1) is 10.6. The molecule has 0 radical (unpaired) electrons. The van der Waals surface area contributed by atoms with E-state index in [0.717, 1.165) is 5.56 Å². The fourth-order valence-corrected chi connectivity index (χ4v) is 2.67. The van der Waals surface area contributed by atoms with Crippen molar-refractivity contribution in [1.29, 1.82) is 0 Å². The van der Waals surface area contributed by atoms with E-state index in [2.05, 4.69) is 22.3 Å². The molecule has 1 aliphatic rings. The molecule has 0 bridgehead atoms. The molecule has 0 spiro atoms. The fraction of sp³-hybridized carbons (Fsp3) is 0.312. The maximum atomic E-state index is 11.8. The van der Waals surface area contributed by atoms with Crippen LogP contribution in [0.5, 0.6) is 11.6 Å². The third kappa shape index (κ3) is 3.21. The van der Waals surface area contributed by atoms with Crippen LogP contribution in [0.2, 0.25) is 0 Å². The third-order valence-electron chi connectivity index (χ3n) is 3.59. The van der Waals surface area contributed by atoms with Gasteiger partial charge in [-0.05, 0) is 71.5 Å². The fourth-order valence-electron chi connectivity index (χ4n) is 2.25. The highest BCUT2D eigenvalue weighted by molar-refractivity contribution is 14.1. The first kappa shape index (κ1) is 15.2. The van der Waals surface area contributed by atoms with E-state index in [1.807, 2.05) is 35.6 Å². The second-order valence-electron chi connectivity index (χ2n) is 5.28. The summed E-state index contributed by atoms with van der Waals surface area (Å²) in [6.45, 7) is 1.99. The van der Waals surface area contributed by atoms with Crippen molar-refractivity contribution < 1.29 is 14.3 Å². The summed E-state index contributed by atoms with van der Waals surface area (Å²) in [6.07, 6.45) is 2.52. The van der Waals surface area contributed by atoms with Crippen LogP contribution >= 0.6 is 22.6 Å². The summed E-state index contributed by atoms with van der Waals surface area (Å²) in [7, 11) is 1.33. The summed E-state index contributed by atoms with van der Waals surface area (Å²) in [5.41, 5.74) is 2.62. The topological polar surface area (TPSA) is 61.3 Å². The average Bonchev–Trinajstić information content (AvgIpc) is 3.34. The van der Waals surface area contributed by atoms with Gasteiger partial charge < -0.3 is 9.47 Å². The predicted molar refractivity (Wildman–Crippen MR) is 89.3 cm³/mol. The number of esters is 1. The first-order valence-electron chi connectivity index (χ1n) is 6.98. The maximum absolute atomic E-state index is 11.8. The zero-order valence-corrected chi connectivity index (χ0v) is 14.5. The Morgan fingerprint density at radius 1 is 1.27 bits per heavy atom. The van der Waals surface area contributed by atoms with Crippen LogP contribution in [0.25, 0.3) is 0 Å². The summed E-state index contributed by atoms with van der Waals surface area (Å²) in [4.78, 5) is 11.8. The molecule has 2 aromatic rings. The number of methoxy groups -OCH3 is 1. The van der Waals surface area contributed by atoms with E-state index in [1.54, 1.807) is 6.07 Å². The highest BCUT2D eigenvalue weighted by Gasteiger charge is 2.24. The van der Waals surface area contributed by atoms with Crippen molar-refractivity contribution in [3.63, 3.8) is 0 Å². The van der Waals surface area contributed by atoms with Gasteiger partial charge in [-0.25, -0.2) is 4.79 Å². The van der Waals surface area contributed by atoms with Gasteiger partial charge in [0.05, 0.1) is 7.11 Å². The molecule has 1 saturated carbocycles. The van der Waals surface area contributed by atoms with Crippen LogP contribution in [-0.4, -0.2) is 23.3 Å². The summed E-state index contributed by atoms with van der Waals surface area (Å²) < 4.78 is 11.2. The van der Waals surface area contributed by atoms with E-state index < -0.39 is 5.97 Å². The van der Waals surface area contributed by atoms with Gasteiger partial charge in [-0.1, -0.05) is 12.1 Å². The number of aromatic nitrogens is 2. The van der Waals surface area contributed by atoms with E-state index >= 15 is 0 Å².